The number of hydrogen-bond acceptors (Lipinski definition) is 5. The van der Waals surface area contributed by atoms with Crippen molar-refractivity contribution in [2.24, 2.45) is 17.8 Å². The summed E-state index contributed by atoms with van der Waals surface area (Å²) in [5.74, 6) is 1.86. The van der Waals surface area contributed by atoms with Crippen LogP contribution in [-0.2, 0) is 4.79 Å². The minimum absolute atomic E-state index is 0.0409. The first-order chi connectivity index (χ1) is 13.9. The molecule has 7 nitrogen and oxygen atoms in total. The number of pyridine rings is 1. The first-order valence-electron chi connectivity index (χ1n) is 9.84. The van der Waals surface area contributed by atoms with Crippen LogP contribution in [0.15, 0.2) is 17.4 Å². The zero-order valence-corrected chi connectivity index (χ0v) is 18.0. The van der Waals surface area contributed by atoms with Gasteiger partial charge < -0.3 is 5.32 Å². The summed E-state index contributed by atoms with van der Waals surface area (Å²) >= 11 is 13.3. The minimum Gasteiger partial charge on any atom is -0.332 e. The second-order valence-corrected chi connectivity index (χ2v) is 10.5. The quantitative estimate of drug-likeness (QED) is 0.684. The van der Waals surface area contributed by atoms with Gasteiger partial charge in [0.2, 0.25) is 5.91 Å². The second kappa shape index (κ2) is 7.32. The van der Waals surface area contributed by atoms with Crippen LogP contribution in [0.3, 0.4) is 0 Å². The van der Waals surface area contributed by atoms with E-state index in [1.807, 2.05) is 0 Å². The zero-order chi connectivity index (χ0) is 20.2. The lowest BCUT2D eigenvalue weighted by molar-refractivity contribution is -0.117. The Hall–Kier alpha value is -1.51. The Balaban J connectivity index is 1.18. The molecule has 4 aliphatic rings. The molecule has 4 saturated carbocycles. The van der Waals surface area contributed by atoms with E-state index in [4.69, 9.17) is 23.2 Å². The molecule has 2 aromatic heterocycles. The van der Waals surface area contributed by atoms with Crippen LogP contribution < -0.4 is 10.6 Å². The van der Waals surface area contributed by atoms with Crippen molar-refractivity contribution in [1.29, 1.82) is 0 Å². The van der Waals surface area contributed by atoms with Crippen LogP contribution in [0.5, 0.6) is 0 Å². The van der Waals surface area contributed by atoms with E-state index in [-0.39, 0.29) is 17.2 Å². The molecule has 0 saturated heterocycles. The summed E-state index contributed by atoms with van der Waals surface area (Å²) in [5.41, 5.74) is 0.349. The fourth-order valence-electron chi connectivity index (χ4n) is 5.83. The topological polar surface area (TPSA) is 88.4 Å². The molecule has 0 aliphatic heterocycles. The number of nitrogens with zero attached hydrogens (tertiary/aromatic N) is 3. The summed E-state index contributed by atoms with van der Waals surface area (Å²) in [6.45, 7) is 0. The van der Waals surface area contributed by atoms with Crippen molar-refractivity contribution >= 4 is 52.5 Å². The lowest BCUT2D eigenvalue weighted by atomic mass is 9.53. The van der Waals surface area contributed by atoms with E-state index in [1.54, 1.807) is 16.7 Å². The van der Waals surface area contributed by atoms with Gasteiger partial charge in [-0.15, -0.1) is 10.2 Å². The van der Waals surface area contributed by atoms with Crippen LogP contribution in [0.2, 0.25) is 10.0 Å². The van der Waals surface area contributed by atoms with Gasteiger partial charge in [-0.25, -0.2) is 4.79 Å². The number of aromatic nitrogens is 3. The molecule has 6 rings (SSSR count). The van der Waals surface area contributed by atoms with E-state index in [9.17, 15) is 9.59 Å². The average Bonchev–Trinajstić information content (AvgIpc) is 3.01. The molecule has 29 heavy (non-hydrogen) atoms. The molecule has 0 atom stereocenters. The first-order valence-corrected chi connectivity index (χ1v) is 11.6. The SMILES string of the molecule is O=C(CSc1nnc2c(Cl)cc(Cl)cn12)NC(=O)NC12CC3CC(CC(C3)C1)C2. The number of nitrogens with one attached hydrogen (secondary N) is 2. The Labute approximate surface area is 182 Å². The monoisotopic (exact) mass is 453 g/mol. The Morgan fingerprint density at radius 2 is 1.79 bits per heavy atom. The zero-order valence-electron chi connectivity index (χ0n) is 15.7. The van der Waals surface area contributed by atoms with E-state index < -0.39 is 6.03 Å². The van der Waals surface area contributed by atoms with E-state index >= 15 is 0 Å². The number of carbonyl (C=O) groups is 2. The number of thioether (sulfide) groups is 1. The molecule has 0 aromatic carbocycles. The van der Waals surface area contributed by atoms with E-state index in [0.29, 0.717) is 20.8 Å². The molecule has 2 heterocycles. The molecular weight excluding hydrogens is 433 g/mol. The molecule has 3 amide bonds. The van der Waals surface area contributed by atoms with Crippen LogP contribution >= 0.6 is 35.0 Å². The Morgan fingerprint density at radius 3 is 2.45 bits per heavy atom. The van der Waals surface area contributed by atoms with Crippen LogP contribution in [0.4, 0.5) is 4.79 Å². The highest BCUT2D eigenvalue weighted by atomic mass is 35.5. The van der Waals surface area contributed by atoms with Gasteiger partial charge in [0, 0.05) is 11.7 Å². The number of hydrogen-bond donors (Lipinski definition) is 2. The van der Waals surface area contributed by atoms with Gasteiger partial charge in [0.05, 0.1) is 15.8 Å². The molecule has 4 aliphatic carbocycles. The van der Waals surface area contributed by atoms with Gasteiger partial charge in [0.1, 0.15) is 0 Å². The third kappa shape index (κ3) is 3.82. The van der Waals surface area contributed by atoms with Gasteiger partial charge in [0.25, 0.3) is 0 Å². The van der Waals surface area contributed by atoms with E-state index in [0.717, 1.165) is 37.0 Å². The van der Waals surface area contributed by atoms with Crippen molar-refractivity contribution in [1.82, 2.24) is 25.2 Å². The van der Waals surface area contributed by atoms with Crippen LogP contribution in [0.1, 0.15) is 38.5 Å². The summed E-state index contributed by atoms with van der Waals surface area (Å²) in [4.78, 5) is 24.8. The highest BCUT2D eigenvalue weighted by Crippen LogP contribution is 2.55. The van der Waals surface area contributed by atoms with Crippen molar-refractivity contribution in [2.75, 3.05) is 5.75 Å². The van der Waals surface area contributed by atoms with Gasteiger partial charge in [0.15, 0.2) is 10.8 Å². The van der Waals surface area contributed by atoms with Gasteiger partial charge in [-0.1, -0.05) is 35.0 Å². The molecule has 2 N–H and O–H groups in total. The van der Waals surface area contributed by atoms with E-state index in [1.165, 1.54) is 31.0 Å². The lowest BCUT2D eigenvalue weighted by Gasteiger charge is -2.56. The maximum atomic E-state index is 12.5. The second-order valence-electron chi connectivity index (χ2n) is 8.67. The summed E-state index contributed by atoms with van der Waals surface area (Å²) < 4.78 is 1.64. The Bertz CT molecular complexity index is 959. The average molecular weight is 454 g/mol. The fourth-order valence-corrected chi connectivity index (χ4v) is 7.05. The number of carbonyl (C=O) groups excluding carboxylic acids is 2. The summed E-state index contributed by atoms with van der Waals surface area (Å²) in [7, 11) is 0. The Morgan fingerprint density at radius 1 is 1.14 bits per heavy atom. The molecule has 154 valence electrons. The maximum absolute atomic E-state index is 12.5. The van der Waals surface area contributed by atoms with Crippen molar-refractivity contribution < 1.29 is 9.59 Å². The third-order valence-electron chi connectivity index (χ3n) is 6.40. The fraction of sp³-hybridized carbons (Fsp3) is 0.579. The number of amides is 3. The van der Waals surface area contributed by atoms with Crippen molar-refractivity contribution in [2.45, 2.75) is 49.2 Å². The van der Waals surface area contributed by atoms with Gasteiger partial charge in [-0.2, -0.15) is 0 Å². The highest BCUT2D eigenvalue weighted by Gasteiger charge is 2.51. The number of urea groups is 1. The van der Waals surface area contributed by atoms with Crippen LogP contribution in [0.25, 0.3) is 5.65 Å². The summed E-state index contributed by atoms with van der Waals surface area (Å²) in [6, 6.07) is 1.19. The molecule has 0 unspecified atom stereocenters. The summed E-state index contributed by atoms with van der Waals surface area (Å²) in [6.07, 6.45) is 8.69. The summed E-state index contributed by atoms with van der Waals surface area (Å²) in [5, 5.41) is 15.0. The molecule has 2 aromatic rings. The van der Waals surface area contributed by atoms with Crippen molar-refractivity contribution in [3.8, 4) is 0 Å². The number of halogens is 2. The predicted octanol–water partition coefficient (Wildman–Crippen LogP) is 3.92. The van der Waals surface area contributed by atoms with Crippen molar-refractivity contribution in [3.05, 3.63) is 22.3 Å². The van der Waals surface area contributed by atoms with Gasteiger partial charge in [-0.3, -0.25) is 14.5 Å². The lowest BCUT2D eigenvalue weighted by Crippen LogP contribution is -2.61. The third-order valence-corrected chi connectivity index (χ3v) is 7.83. The normalized spacial score (nSPS) is 29.9. The first kappa shape index (κ1) is 19.5. The van der Waals surface area contributed by atoms with Crippen molar-refractivity contribution in [3.63, 3.8) is 0 Å². The van der Waals surface area contributed by atoms with Gasteiger partial charge >= 0.3 is 6.03 Å². The molecule has 4 fully saturated rings. The number of imide groups is 1. The highest BCUT2D eigenvalue weighted by molar-refractivity contribution is 7.99. The standard InChI is InChI=1S/C19H21Cl2N5O2S/c20-13-4-14(21)16-24-25-18(26(16)8-13)29-9-15(27)22-17(28)23-19-5-10-1-11(6-19)3-12(2-10)7-19/h4,8,10-12H,1-3,5-7,9H2,(H2,22,23,27,28). The smallest absolute Gasteiger partial charge is 0.321 e. The molecule has 0 radical (unpaired) electrons. The predicted molar refractivity (Wildman–Crippen MR) is 111 cm³/mol. The van der Waals surface area contributed by atoms with Crippen LogP contribution in [-0.4, -0.2) is 37.8 Å². The molecule has 0 spiro atoms. The Kier molecular flexibility index (Phi) is 4.91. The molecule has 10 heteroatoms. The van der Waals surface area contributed by atoms with Crippen LogP contribution in [0, 0.1) is 17.8 Å². The molecular formula is C19H21Cl2N5O2S. The van der Waals surface area contributed by atoms with Gasteiger partial charge in [-0.05, 0) is 62.3 Å². The largest absolute Gasteiger partial charge is 0.332 e. The molecule has 4 bridgehead atoms. The van der Waals surface area contributed by atoms with E-state index in [2.05, 4.69) is 20.8 Å². The minimum atomic E-state index is -0.394. The number of rotatable bonds is 4. The maximum Gasteiger partial charge on any atom is 0.321 e. The number of fused-ring (bicyclic) bond motifs is 1.